The first-order valence-electron chi connectivity index (χ1n) is 15.1. The van der Waals surface area contributed by atoms with E-state index < -0.39 is 0 Å². The summed E-state index contributed by atoms with van der Waals surface area (Å²) < 4.78 is 0. The number of rotatable bonds is 5. The van der Waals surface area contributed by atoms with Gasteiger partial charge < -0.3 is 0 Å². The van der Waals surface area contributed by atoms with Gasteiger partial charge in [0.05, 0.1) is 0 Å². The summed E-state index contributed by atoms with van der Waals surface area (Å²) >= 11 is 0. The fourth-order valence-electron chi connectivity index (χ4n) is 7.67. The van der Waals surface area contributed by atoms with Crippen LogP contribution in [0.2, 0.25) is 0 Å². The lowest BCUT2D eigenvalue weighted by molar-refractivity contribution is 1.48. The minimum absolute atomic E-state index is 0.882. The van der Waals surface area contributed by atoms with E-state index >= 15 is 0 Å². The summed E-state index contributed by atoms with van der Waals surface area (Å²) in [5, 5.41) is 11.9. The average Bonchev–Trinajstić information content (AvgIpc) is 3.22. The monoisotopic (exact) mass is 548 g/mol. The lowest BCUT2D eigenvalue weighted by atomic mass is 9.82. The van der Waals surface area contributed by atoms with Crippen LogP contribution in [0.15, 0.2) is 128 Å². The Labute approximate surface area is 252 Å². The van der Waals surface area contributed by atoms with Gasteiger partial charge in [-0.05, 0) is 119 Å². The first-order valence-corrected chi connectivity index (χ1v) is 15.1. The molecule has 0 amide bonds. The van der Waals surface area contributed by atoms with Crippen LogP contribution in [0.4, 0.5) is 0 Å². The van der Waals surface area contributed by atoms with Crippen molar-refractivity contribution in [2.24, 2.45) is 0 Å². The van der Waals surface area contributed by atoms with Gasteiger partial charge in [0.2, 0.25) is 0 Å². The molecule has 0 aliphatic heterocycles. The van der Waals surface area contributed by atoms with E-state index in [9.17, 15) is 0 Å². The van der Waals surface area contributed by atoms with Crippen molar-refractivity contribution in [2.75, 3.05) is 0 Å². The third-order valence-electron chi connectivity index (χ3n) is 9.32. The van der Waals surface area contributed by atoms with Crippen molar-refractivity contribution in [1.82, 2.24) is 0 Å². The van der Waals surface area contributed by atoms with E-state index in [0.29, 0.717) is 0 Å². The third kappa shape index (κ3) is 3.50. The van der Waals surface area contributed by atoms with Crippen LogP contribution in [0.25, 0.3) is 77.0 Å². The standard InChI is InChI=1S/C43H32/c1-5-7-14-26(3)37-29-18-9-10-19-30(29)38(27(4)15-8-6-2)43-36-25-24-34-32-21-12-17-28-16-11-20-31(39(28)32)33-22-13-23-35(42(37)43)41(36)40(33)34/h5-12,14-25H,2,4,13H2,1,3H3/b7-5-,15-8-,26-14+. The van der Waals surface area contributed by atoms with Crippen LogP contribution in [0.1, 0.15) is 42.5 Å². The summed E-state index contributed by atoms with van der Waals surface area (Å²) in [5.41, 5.74) is 11.4. The zero-order valence-corrected chi connectivity index (χ0v) is 24.7. The lowest BCUT2D eigenvalue weighted by Gasteiger charge is -2.20. The van der Waals surface area contributed by atoms with Crippen molar-refractivity contribution < 1.29 is 0 Å². The van der Waals surface area contributed by atoms with Crippen LogP contribution in [0, 0.1) is 0 Å². The van der Waals surface area contributed by atoms with Gasteiger partial charge in [-0.2, -0.15) is 0 Å². The molecule has 0 unspecified atom stereocenters. The van der Waals surface area contributed by atoms with Crippen molar-refractivity contribution in [3.8, 4) is 11.1 Å². The fourth-order valence-corrected chi connectivity index (χ4v) is 7.67. The van der Waals surface area contributed by atoms with Crippen LogP contribution in [-0.4, -0.2) is 0 Å². The maximum absolute atomic E-state index is 4.62. The Balaban J connectivity index is 1.61. The Morgan fingerprint density at radius 2 is 1.42 bits per heavy atom. The molecule has 0 bridgehead atoms. The van der Waals surface area contributed by atoms with Crippen LogP contribution >= 0.6 is 0 Å². The third-order valence-corrected chi connectivity index (χ3v) is 9.32. The van der Waals surface area contributed by atoms with Crippen LogP contribution in [0.3, 0.4) is 0 Å². The summed E-state index contributed by atoms with van der Waals surface area (Å²) in [6.45, 7) is 12.9. The topological polar surface area (TPSA) is 0 Å². The Hall–Kier alpha value is -5.20. The van der Waals surface area contributed by atoms with E-state index in [1.807, 2.05) is 12.2 Å². The van der Waals surface area contributed by atoms with Gasteiger partial charge in [-0.1, -0.05) is 135 Å². The zero-order valence-electron chi connectivity index (χ0n) is 24.7. The van der Waals surface area contributed by atoms with E-state index in [2.05, 4.69) is 136 Å². The van der Waals surface area contributed by atoms with Gasteiger partial charge in [0.1, 0.15) is 0 Å². The van der Waals surface area contributed by atoms with Gasteiger partial charge in [-0.15, -0.1) is 0 Å². The lowest BCUT2D eigenvalue weighted by Crippen LogP contribution is -2.07. The first-order chi connectivity index (χ1) is 21.1. The number of benzene rings is 6. The van der Waals surface area contributed by atoms with Gasteiger partial charge in [0.15, 0.2) is 0 Å². The Kier molecular flexibility index (Phi) is 5.74. The van der Waals surface area contributed by atoms with E-state index in [1.54, 1.807) is 0 Å². The average molecular weight is 549 g/mol. The number of hydrogen-bond donors (Lipinski definition) is 0. The summed E-state index contributed by atoms with van der Waals surface area (Å²) in [7, 11) is 0. The molecule has 0 N–H and O–H groups in total. The van der Waals surface area contributed by atoms with Crippen LogP contribution in [0.5, 0.6) is 0 Å². The maximum Gasteiger partial charge on any atom is -0.000785 e. The highest BCUT2D eigenvalue weighted by molar-refractivity contribution is 6.27. The Morgan fingerprint density at radius 1 is 0.698 bits per heavy atom. The van der Waals surface area contributed by atoms with Gasteiger partial charge in [-0.3, -0.25) is 0 Å². The minimum atomic E-state index is 0.882. The predicted molar refractivity (Wildman–Crippen MR) is 190 cm³/mol. The number of fused-ring (bicyclic) bond motifs is 6. The molecule has 0 spiro atoms. The Bertz CT molecular complexity index is 2390. The van der Waals surface area contributed by atoms with Crippen molar-refractivity contribution in [3.05, 3.63) is 156 Å². The summed E-state index contributed by atoms with van der Waals surface area (Å²) in [6, 6.07) is 27.1. The smallest absolute Gasteiger partial charge is 0.000785 e. The SMILES string of the molecule is C=C/C=C\C(=C)c1c2c(c(/C(C)=C/C=C\C)c3ccccc13)C1=CCC=c3c4cccc5cccc(c6ccc-2c1c36)c54. The van der Waals surface area contributed by atoms with E-state index in [0.717, 1.165) is 12.0 Å². The fraction of sp³-hybridized carbons (Fsp3) is 0.0698. The second kappa shape index (κ2) is 9.68. The molecule has 0 nitrogen and oxygen atoms in total. The second-order valence-corrected chi connectivity index (χ2v) is 11.6. The molecule has 6 aromatic rings. The van der Waals surface area contributed by atoms with Gasteiger partial charge in [0.25, 0.3) is 0 Å². The first kappa shape index (κ1) is 25.5. The van der Waals surface area contributed by atoms with Gasteiger partial charge >= 0.3 is 0 Å². The molecule has 0 atom stereocenters. The summed E-state index contributed by atoms with van der Waals surface area (Å²) in [5.74, 6) is 0. The molecule has 204 valence electrons. The van der Waals surface area contributed by atoms with Crippen LogP contribution in [-0.2, 0) is 0 Å². The molecule has 0 heterocycles. The van der Waals surface area contributed by atoms with Crippen LogP contribution < -0.4 is 5.22 Å². The molecule has 6 aromatic carbocycles. The molecular weight excluding hydrogens is 516 g/mol. The highest BCUT2D eigenvalue weighted by Crippen LogP contribution is 2.55. The maximum atomic E-state index is 4.62. The molecule has 0 saturated carbocycles. The molecule has 2 aliphatic carbocycles. The molecule has 43 heavy (non-hydrogen) atoms. The van der Waals surface area contributed by atoms with Gasteiger partial charge in [0, 0.05) is 0 Å². The molecule has 0 heteroatoms. The summed E-state index contributed by atoms with van der Waals surface area (Å²) in [6.07, 6.45) is 18.2. The zero-order chi connectivity index (χ0) is 29.2. The highest BCUT2D eigenvalue weighted by atomic mass is 14.4. The molecule has 2 aliphatic rings. The molecule has 0 radical (unpaired) electrons. The molecule has 8 rings (SSSR count). The van der Waals surface area contributed by atoms with Crippen molar-refractivity contribution >= 4 is 65.9 Å². The van der Waals surface area contributed by atoms with E-state index in [1.165, 1.54) is 92.8 Å². The second-order valence-electron chi connectivity index (χ2n) is 11.6. The molecular formula is C43H32. The number of hydrogen-bond acceptors (Lipinski definition) is 0. The van der Waals surface area contributed by atoms with Crippen molar-refractivity contribution in [1.29, 1.82) is 0 Å². The minimum Gasteiger partial charge on any atom is -0.0991 e. The molecule has 0 saturated heterocycles. The van der Waals surface area contributed by atoms with E-state index in [4.69, 9.17) is 0 Å². The van der Waals surface area contributed by atoms with Crippen molar-refractivity contribution in [2.45, 2.75) is 20.3 Å². The van der Waals surface area contributed by atoms with E-state index in [-0.39, 0.29) is 0 Å². The van der Waals surface area contributed by atoms with Gasteiger partial charge in [-0.25, -0.2) is 0 Å². The predicted octanol–water partition coefficient (Wildman–Crippen LogP) is 11.3. The molecule has 0 fully saturated rings. The Morgan fingerprint density at radius 3 is 2.19 bits per heavy atom. The summed E-state index contributed by atoms with van der Waals surface area (Å²) in [4.78, 5) is 0. The van der Waals surface area contributed by atoms with Crippen molar-refractivity contribution in [3.63, 3.8) is 0 Å². The normalized spacial score (nSPS) is 14.2. The quantitative estimate of drug-likeness (QED) is 0.114. The highest BCUT2D eigenvalue weighted by Gasteiger charge is 2.34. The molecule has 0 aromatic heterocycles. The number of allylic oxidation sites excluding steroid dienone is 9. The largest absolute Gasteiger partial charge is 0.0991 e.